The summed E-state index contributed by atoms with van der Waals surface area (Å²) in [7, 11) is 0. The minimum absolute atomic E-state index is 0.771. The Morgan fingerprint density at radius 2 is 1.66 bits per heavy atom. The molecule has 158 valence electrons. The number of rotatable bonds is 2. The third-order valence-corrected chi connectivity index (χ3v) is 8.49. The minimum atomic E-state index is 0.771. The Hall–Kier alpha value is -2.93. The monoisotopic (exact) mass is 415 g/mol. The van der Waals surface area contributed by atoms with Crippen LogP contribution in [0.5, 0.6) is 0 Å². The summed E-state index contributed by atoms with van der Waals surface area (Å²) >= 11 is 0. The van der Waals surface area contributed by atoms with Crippen LogP contribution >= 0.6 is 0 Å². The number of fused-ring (bicyclic) bond motifs is 5. The molecule has 1 aromatic heterocycles. The molecular weight excluding hydrogens is 386 g/mol. The number of hydrogen-bond donors (Lipinski definition) is 0. The predicted molar refractivity (Wildman–Crippen MR) is 131 cm³/mol. The average Bonchev–Trinajstić information content (AvgIpc) is 3.55. The van der Waals surface area contributed by atoms with E-state index in [9.17, 15) is 0 Å². The Bertz CT molecular complexity index is 1480. The van der Waals surface area contributed by atoms with Crippen LogP contribution in [-0.2, 0) is 19.3 Å². The van der Waals surface area contributed by atoms with Crippen LogP contribution in [0.2, 0.25) is 0 Å². The van der Waals surface area contributed by atoms with E-state index in [1.165, 1.54) is 76.2 Å². The number of allylic oxidation sites excluding steroid dienone is 1. The first-order valence-corrected chi connectivity index (χ1v) is 12.4. The van der Waals surface area contributed by atoms with Gasteiger partial charge in [-0.05, 0) is 85.9 Å². The van der Waals surface area contributed by atoms with Crippen molar-refractivity contribution in [2.45, 2.75) is 51.4 Å². The van der Waals surface area contributed by atoms with Crippen LogP contribution in [-0.4, -0.2) is 4.98 Å². The Balaban J connectivity index is 1.49. The lowest BCUT2D eigenvalue weighted by Crippen LogP contribution is -2.30. The molecule has 1 saturated carbocycles. The van der Waals surface area contributed by atoms with Gasteiger partial charge in [-0.2, -0.15) is 0 Å². The predicted octanol–water partition coefficient (Wildman–Crippen LogP) is 5.23. The molecule has 4 aliphatic carbocycles. The highest BCUT2D eigenvalue weighted by atomic mass is 14.7. The molecule has 0 saturated heterocycles. The summed E-state index contributed by atoms with van der Waals surface area (Å²) in [5.41, 5.74) is 8.65. The van der Waals surface area contributed by atoms with Gasteiger partial charge in [0.05, 0.1) is 5.69 Å². The number of hydrogen-bond acceptors (Lipinski definition) is 1. The van der Waals surface area contributed by atoms with Crippen molar-refractivity contribution in [3.05, 3.63) is 104 Å². The van der Waals surface area contributed by atoms with Gasteiger partial charge in [0.2, 0.25) is 0 Å². The van der Waals surface area contributed by atoms with E-state index in [0.29, 0.717) is 0 Å². The molecule has 0 spiro atoms. The number of nitrogens with zero attached hydrogens (tertiary/aromatic N) is 1. The van der Waals surface area contributed by atoms with Crippen molar-refractivity contribution in [3.8, 4) is 0 Å². The highest BCUT2D eigenvalue weighted by molar-refractivity contribution is 5.71. The smallest absolute Gasteiger partial charge is 0.0513 e. The van der Waals surface area contributed by atoms with Gasteiger partial charge in [-0.15, -0.1) is 0 Å². The fourth-order valence-corrected chi connectivity index (χ4v) is 6.86. The van der Waals surface area contributed by atoms with Crippen LogP contribution in [0.1, 0.15) is 60.1 Å². The van der Waals surface area contributed by atoms with Gasteiger partial charge in [0.1, 0.15) is 0 Å². The second kappa shape index (κ2) is 7.30. The van der Waals surface area contributed by atoms with Gasteiger partial charge in [0, 0.05) is 12.6 Å². The van der Waals surface area contributed by atoms with Gasteiger partial charge in [-0.3, -0.25) is 4.98 Å². The Morgan fingerprint density at radius 1 is 0.781 bits per heavy atom. The van der Waals surface area contributed by atoms with E-state index in [1.807, 2.05) is 0 Å². The molecule has 1 unspecified atom stereocenters. The van der Waals surface area contributed by atoms with Gasteiger partial charge in [-0.1, -0.05) is 80.3 Å². The quantitative estimate of drug-likeness (QED) is 0.559. The Labute approximate surface area is 189 Å². The van der Waals surface area contributed by atoms with Gasteiger partial charge >= 0.3 is 0 Å². The molecule has 1 heteroatoms. The van der Waals surface area contributed by atoms with Crippen molar-refractivity contribution in [2.75, 3.05) is 0 Å². The van der Waals surface area contributed by atoms with Gasteiger partial charge in [-0.25, -0.2) is 0 Å². The number of pyridine rings is 1. The summed E-state index contributed by atoms with van der Waals surface area (Å²) in [5, 5.41) is 5.75. The zero-order valence-electron chi connectivity index (χ0n) is 18.6. The van der Waals surface area contributed by atoms with Crippen molar-refractivity contribution >= 4 is 17.7 Å². The van der Waals surface area contributed by atoms with E-state index in [-0.39, 0.29) is 0 Å². The first-order chi connectivity index (χ1) is 15.8. The summed E-state index contributed by atoms with van der Waals surface area (Å²) in [6, 6.07) is 16.1. The number of benzene rings is 2. The van der Waals surface area contributed by atoms with E-state index < -0.39 is 0 Å². The standard InChI is InChI=1S/C31H29N/c1-2-7-20(6-1)23-17-29(24-16-22-9-5-11-31(22)32-19-24)28-15-14-26-25-10-4-3-8-21(25)12-13-27(26)30(28)18-23/h3-5,8-10,12,14-16,19-20,23H,1-2,6-7,11,13,17-18H2. The Kier molecular flexibility index (Phi) is 4.25. The summed E-state index contributed by atoms with van der Waals surface area (Å²) in [4.78, 5) is 4.86. The second-order valence-electron chi connectivity index (χ2n) is 10.2. The lowest BCUT2D eigenvalue weighted by molar-refractivity contribution is 0.337. The summed E-state index contributed by atoms with van der Waals surface area (Å²) in [6.07, 6.45) is 19.3. The maximum absolute atomic E-state index is 4.86. The van der Waals surface area contributed by atoms with Crippen molar-refractivity contribution in [2.24, 2.45) is 11.8 Å². The van der Waals surface area contributed by atoms with Crippen LogP contribution in [0, 0.1) is 22.3 Å². The lowest BCUT2D eigenvalue weighted by atomic mass is 9.73. The second-order valence-corrected chi connectivity index (χ2v) is 10.2. The van der Waals surface area contributed by atoms with Crippen molar-refractivity contribution < 1.29 is 0 Å². The molecule has 1 atom stereocenters. The molecule has 3 aromatic rings. The normalized spacial score (nSPS) is 21.0. The van der Waals surface area contributed by atoms with Crippen LogP contribution in [0.25, 0.3) is 17.7 Å². The molecular formula is C31H29N. The largest absolute Gasteiger partial charge is 0.260 e. The first-order valence-electron chi connectivity index (χ1n) is 12.4. The number of aromatic nitrogens is 1. The third-order valence-electron chi connectivity index (χ3n) is 8.49. The van der Waals surface area contributed by atoms with E-state index >= 15 is 0 Å². The van der Waals surface area contributed by atoms with Gasteiger partial charge < -0.3 is 0 Å². The molecule has 0 amide bonds. The van der Waals surface area contributed by atoms with E-state index in [0.717, 1.165) is 24.7 Å². The molecule has 0 aliphatic heterocycles. The summed E-state index contributed by atoms with van der Waals surface area (Å²) in [6.45, 7) is 0. The summed E-state index contributed by atoms with van der Waals surface area (Å²) < 4.78 is 0. The maximum atomic E-state index is 4.86. The molecule has 1 fully saturated rings. The topological polar surface area (TPSA) is 12.9 Å². The molecule has 0 N–H and O–H groups in total. The fraction of sp³-hybridized carbons (Fsp3) is 0.323. The average molecular weight is 416 g/mol. The molecule has 0 radical (unpaired) electrons. The third kappa shape index (κ3) is 2.87. The molecule has 7 rings (SSSR count). The van der Waals surface area contributed by atoms with Crippen LogP contribution in [0.15, 0.2) is 54.7 Å². The highest BCUT2D eigenvalue weighted by Gasteiger charge is 2.31. The highest BCUT2D eigenvalue weighted by Crippen LogP contribution is 2.40. The van der Waals surface area contributed by atoms with Gasteiger partial charge in [0.15, 0.2) is 0 Å². The summed E-state index contributed by atoms with van der Waals surface area (Å²) in [5.74, 6) is 1.66. The van der Waals surface area contributed by atoms with E-state index in [2.05, 4.69) is 66.9 Å². The molecule has 1 nitrogen and oxygen atoms in total. The van der Waals surface area contributed by atoms with Crippen LogP contribution in [0.3, 0.4) is 0 Å². The minimum Gasteiger partial charge on any atom is -0.260 e. The zero-order valence-corrected chi connectivity index (χ0v) is 18.6. The Morgan fingerprint density at radius 3 is 2.59 bits per heavy atom. The van der Waals surface area contributed by atoms with Crippen molar-refractivity contribution in [1.82, 2.24) is 4.98 Å². The van der Waals surface area contributed by atoms with Crippen LogP contribution in [0.4, 0.5) is 0 Å². The molecule has 0 bridgehead atoms. The van der Waals surface area contributed by atoms with Crippen LogP contribution < -0.4 is 10.4 Å². The van der Waals surface area contributed by atoms with E-state index in [4.69, 9.17) is 4.98 Å². The fourth-order valence-electron chi connectivity index (χ4n) is 6.86. The van der Waals surface area contributed by atoms with Crippen molar-refractivity contribution in [1.29, 1.82) is 0 Å². The maximum Gasteiger partial charge on any atom is 0.0513 e. The lowest BCUT2D eigenvalue weighted by Gasteiger charge is -2.31. The molecule has 2 aromatic carbocycles. The molecule has 4 aliphatic rings. The van der Waals surface area contributed by atoms with E-state index in [1.54, 1.807) is 16.7 Å². The molecule has 1 heterocycles. The SMILES string of the molecule is C1=Cc2cc(C3=c4ccc5c(c4CC(C4CCCC4)C3)CC=c3ccccc3=5)cnc2C1. The first kappa shape index (κ1) is 18.6. The zero-order chi connectivity index (χ0) is 21.1. The molecule has 32 heavy (non-hydrogen) atoms. The van der Waals surface area contributed by atoms with Gasteiger partial charge in [0.25, 0.3) is 0 Å². The van der Waals surface area contributed by atoms with Crippen molar-refractivity contribution in [3.63, 3.8) is 0 Å².